The molecule has 1 aliphatic carbocycles. The summed E-state index contributed by atoms with van der Waals surface area (Å²) in [5.74, 6) is -0.444. The minimum atomic E-state index is -3.84. The second-order valence-corrected chi connectivity index (χ2v) is 9.04. The highest BCUT2D eigenvalue weighted by Crippen LogP contribution is 2.54. The highest BCUT2D eigenvalue weighted by molar-refractivity contribution is 7.93. The first kappa shape index (κ1) is 17.1. The predicted molar refractivity (Wildman–Crippen MR) is 98.3 cm³/mol. The highest BCUT2D eigenvalue weighted by atomic mass is 32.2. The lowest BCUT2D eigenvalue weighted by Crippen LogP contribution is -2.13. The van der Waals surface area contributed by atoms with Gasteiger partial charge in [-0.25, -0.2) is 12.8 Å². The minimum absolute atomic E-state index is 0.00246. The number of anilines is 1. The Morgan fingerprint density at radius 1 is 1.12 bits per heavy atom. The maximum Gasteiger partial charge on any atom is 0.263 e. The molecule has 0 amide bonds. The van der Waals surface area contributed by atoms with Crippen molar-refractivity contribution in [1.29, 1.82) is 0 Å². The van der Waals surface area contributed by atoms with Crippen LogP contribution in [-0.2, 0) is 15.4 Å². The fraction of sp³-hybridized carbons (Fsp3) is 0.222. The maximum absolute atomic E-state index is 13.4. The Morgan fingerprint density at radius 3 is 2.50 bits per heavy atom. The summed E-state index contributed by atoms with van der Waals surface area (Å²) < 4.78 is 40.9. The minimum Gasteiger partial charge on any atom is -0.253 e. The van der Waals surface area contributed by atoms with Gasteiger partial charge in [-0.2, -0.15) is 0 Å². The van der Waals surface area contributed by atoms with Gasteiger partial charge >= 0.3 is 0 Å². The summed E-state index contributed by atoms with van der Waals surface area (Å²) in [6.45, 7) is 1.52. The van der Waals surface area contributed by atoms with Crippen LogP contribution in [0.5, 0.6) is 0 Å². The lowest BCUT2D eigenvalue weighted by atomic mass is 9.97. The topological polar surface area (TPSA) is 72.0 Å². The van der Waals surface area contributed by atoms with Gasteiger partial charge in [0.15, 0.2) is 0 Å². The summed E-state index contributed by atoms with van der Waals surface area (Å²) in [5, 5.41) is 9.24. The molecule has 0 radical (unpaired) electrons. The zero-order chi connectivity index (χ0) is 18.4. The Hall–Kier alpha value is -2.32. The number of hydrogen-bond donors (Lipinski definition) is 1. The molecule has 0 unspecified atom stereocenters. The molecular weight excluding hydrogens is 373 g/mol. The molecule has 0 aliphatic heterocycles. The summed E-state index contributed by atoms with van der Waals surface area (Å²) in [5.41, 5.74) is 1.28. The lowest BCUT2D eigenvalue weighted by molar-refractivity contribution is 0.598. The Labute approximate surface area is 155 Å². The molecule has 134 valence electrons. The van der Waals surface area contributed by atoms with E-state index in [-0.39, 0.29) is 21.0 Å². The van der Waals surface area contributed by atoms with E-state index < -0.39 is 15.8 Å². The van der Waals surface area contributed by atoms with Crippen LogP contribution in [0.4, 0.5) is 9.52 Å². The first-order valence-electron chi connectivity index (χ1n) is 8.09. The average Bonchev–Trinajstić information content (AvgIpc) is 3.31. The summed E-state index contributed by atoms with van der Waals surface area (Å²) in [7, 11) is -3.84. The van der Waals surface area contributed by atoms with Crippen LogP contribution in [0.3, 0.4) is 0 Å². The first-order chi connectivity index (χ1) is 12.4. The Bertz CT molecular complexity index is 1060. The smallest absolute Gasteiger partial charge is 0.253 e. The molecule has 5 nitrogen and oxygen atoms in total. The van der Waals surface area contributed by atoms with Crippen LogP contribution < -0.4 is 4.72 Å². The normalized spacial score (nSPS) is 15.6. The molecule has 0 bridgehead atoms. The second-order valence-electron chi connectivity index (χ2n) is 6.38. The van der Waals surface area contributed by atoms with Crippen molar-refractivity contribution in [2.24, 2.45) is 0 Å². The molecule has 26 heavy (non-hydrogen) atoms. The van der Waals surface area contributed by atoms with E-state index in [0.717, 1.165) is 23.9 Å². The van der Waals surface area contributed by atoms with Crippen molar-refractivity contribution in [3.05, 3.63) is 70.5 Å². The lowest BCUT2D eigenvalue weighted by Gasteiger charge is -2.11. The number of rotatable bonds is 5. The summed E-state index contributed by atoms with van der Waals surface area (Å²) in [4.78, 5) is -0.00246. The molecule has 3 aromatic rings. The third kappa shape index (κ3) is 2.99. The first-order valence-corrected chi connectivity index (χ1v) is 10.4. The van der Waals surface area contributed by atoms with Crippen molar-refractivity contribution >= 4 is 26.5 Å². The van der Waals surface area contributed by atoms with Crippen molar-refractivity contribution in [2.75, 3.05) is 4.72 Å². The van der Waals surface area contributed by atoms with Gasteiger partial charge in [-0.15, -0.1) is 10.2 Å². The van der Waals surface area contributed by atoms with Gasteiger partial charge in [0.1, 0.15) is 10.8 Å². The molecule has 1 aromatic heterocycles. The molecule has 4 rings (SSSR count). The highest BCUT2D eigenvalue weighted by Gasteiger charge is 2.49. The molecule has 1 fully saturated rings. The fourth-order valence-corrected chi connectivity index (χ4v) is 5.25. The third-order valence-corrected chi connectivity index (χ3v) is 7.08. The second kappa shape index (κ2) is 6.14. The molecule has 1 N–H and O–H groups in total. The summed E-state index contributed by atoms with van der Waals surface area (Å²) in [6.07, 6.45) is 1.94. The van der Waals surface area contributed by atoms with Crippen LogP contribution in [0.15, 0.2) is 53.4 Å². The molecular formula is C18H16FN3O2S2. The van der Waals surface area contributed by atoms with Gasteiger partial charge in [-0.05, 0) is 49.1 Å². The Kier molecular flexibility index (Phi) is 4.04. The summed E-state index contributed by atoms with van der Waals surface area (Å²) in [6, 6.07) is 13.7. The van der Waals surface area contributed by atoms with Crippen molar-refractivity contribution in [2.45, 2.75) is 30.1 Å². The SMILES string of the molecule is Cc1cc(S(=O)(=O)Nc2nnc(C3(c4ccccc4)CC3)s2)ccc1F. The molecule has 0 atom stereocenters. The van der Waals surface area contributed by atoms with Crippen LogP contribution in [0, 0.1) is 12.7 Å². The zero-order valence-corrected chi connectivity index (χ0v) is 15.6. The number of nitrogens with zero attached hydrogens (tertiary/aromatic N) is 2. The third-order valence-electron chi connectivity index (χ3n) is 4.57. The van der Waals surface area contributed by atoms with Gasteiger partial charge < -0.3 is 0 Å². The average molecular weight is 389 g/mol. The molecule has 0 spiro atoms. The monoisotopic (exact) mass is 389 g/mol. The van der Waals surface area contributed by atoms with E-state index in [2.05, 4.69) is 27.1 Å². The van der Waals surface area contributed by atoms with E-state index in [9.17, 15) is 12.8 Å². The molecule has 1 saturated carbocycles. The number of halogens is 1. The number of benzene rings is 2. The van der Waals surface area contributed by atoms with Crippen LogP contribution in [0.1, 0.15) is 29.0 Å². The number of aromatic nitrogens is 2. The molecule has 2 aromatic carbocycles. The van der Waals surface area contributed by atoms with E-state index in [1.165, 1.54) is 36.0 Å². The number of hydrogen-bond acceptors (Lipinski definition) is 5. The van der Waals surface area contributed by atoms with Crippen molar-refractivity contribution in [1.82, 2.24) is 10.2 Å². The van der Waals surface area contributed by atoms with E-state index in [4.69, 9.17) is 0 Å². The zero-order valence-electron chi connectivity index (χ0n) is 13.9. The van der Waals surface area contributed by atoms with Gasteiger partial charge in [-0.1, -0.05) is 41.7 Å². The molecule has 8 heteroatoms. The molecule has 0 saturated heterocycles. The van der Waals surface area contributed by atoms with E-state index in [0.29, 0.717) is 0 Å². The number of sulfonamides is 1. The number of nitrogens with one attached hydrogen (secondary N) is 1. The Morgan fingerprint density at radius 2 is 1.85 bits per heavy atom. The number of aryl methyl sites for hydroxylation is 1. The van der Waals surface area contributed by atoms with Crippen molar-refractivity contribution in [3.8, 4) is 0 Å². The van der Waals surface area contributed by atoms with E-state index in [1.54, 1.807) is 0 Å². The van der Waals surface area contributed by atoms with Gasteiger partial charge in [0.2, 0.25) is 5.13 Å². The molecule has 1 heterocycles. The van der Waals surface area contributed by atoms with E-state index in [1.807, 2.05) is 18.2 Å². The fourth-order valence-electron chi connectivity index (χ4n) is 2.92. The summed E-state index contributed by atoms with van der Waals surface area (Å²) >= 11 is 1.24. The quantitative estimate of drug-likeness (QED) is 0.719. The van der Waals surface area contributed by atoms with E-state index >= 15 is 0 Å². The van der Waals surface area contributed by atoms with Gasteiger partial charge in [-0.3, -0.25) is 4.72 Å². The van der Waals surface area contributed by atoms with Crippen molar-refractivity contribution < 1.29 is 12.8 Å². The standard InChI is InChI=1S/C18H16FN3O2S2/c1-12-11-14(7-8-15(12)19)26(23,24)22-17-21-20-16(25-17)18(9-10-18)13-5-3-2-4-6-13/h2-8,11H,9-10H2,1H3,(H,21,22). The van der Waals surface area contributed by atoms with Crippen LogP contribution in [0.25, 0.3) is 0 Å². The van der Waals surface area contributed by atoms with Gasteiger partial charge in [0.25, 0.3) is 10.0 Å². The largest absolute Gasteiger partial charge is 0.263 e. The van der Waals surface area contributed by atoms with Crippen LogP contribution in [0.2, 0.25) is 0 Å². The predicted octanol–water partition coefficient (Wildman–Crippen LogP) is 3.87. The molecule has 1 aliphatic rings. The van der Waals surface area contributed by atoms with Crippen LogP contribution >= 0.6 is 11.3 Å². The maximum atomic E-state index is 13.4. The van der Waals surface area contributed by atoms with Gasteiger partial charge in [0, 0.05) is 5.41 Å². The Balaban J connectivity index is 1.60. The van der Waals surface area contributed by atoms with Crippen molar-refractivity contribution in [3.63, 3.8) is 0 Å². The van der Waals surface area contributed by atoms with Gasteiger partial charge in [0.05, 0.1) is 4.90 Å². The van der Waals surface area contributed by atoms with Crippen LogP contribution in [-0.4, -0.2) is 18.6 Å².